The number of aryl methyl sites for hydroxylation is 1. The Labute approximate surface area is 205 Å². The van der Waals surface area contributed by atoms with E-state index in [2.05, 4.69) is 0 Å². The summed E-state index contributed by atoms with van der Waals surface area (Å²) in [5.41, 5.74) is 0.382. The maximum atomic E-state index is 11.9. The van der Waals surface area contributed by atoms with Crippen LogP contribution in [0.3, 0.4) is 0 Å². The van der Waals surface area contributed by atoms with Gasteiger partial charge in [0.25, 0.3) is 0 Å². The average molecular weight is 506 g/mol. The van der Waals surface area contributed by atoms with Crippen LogP contribution in [0.4, 0.5) is 0 Å². The van der Waals surface area contributed by atoms with E-state index in [-0.39, 0.29) is 17.9 Å². The van der Waals surface area contributed by atoms with Gasteiger partial charge in [0.2, 0.25) is 12.4 Å². The Kier molecular flexibility index (Phi) is 8.30. The molecule has 1 aromatic carbocycles. The van der Waals surface area contributed by atoms with E-state index in [1.165, 1.54) is 19.1 Å². The summed E-state index contributed by atoms with van der Waals surface area (Å²) in [6.07, 6.45) is -6.61. The number of carbonyl (C=O) groups is 4. The molecule has 0 amide bonds. The maximum Gasteiger partial charge on any atom is 0.336 e. The van der Waals surface area contributed by atoms with E-state index < -0.39 is 60.2 Å². The maximum absolute atomic E-state index is 11.9. The van der Waals surface area contributed by atoms with Crippen LogP contribution < -0.4 is 10.4 Å². The number of hydrogen-bond donors (Lipinski definition) is 0. The third kappa shape index (κ3) is 6.60. The number of rotatable bonds is 7. The number of hydrogen-bond acceptors (Lipinski definition) is 12. The van der Waals surface area contributed by atoms with Gasteiger partial charge in [0, 0.05) is 45.2 Å². The summed E-state index contributed by atoms with van der Waals surface area (Å²) >= 11 is 0. The molecule has 1 aliphatic rings. The first-order chi connectivity index (χ1) is 16.9. The van der Waals surface area contributed by atoms with E-state index in [0.717, 1.165) is 20.8 Å². The molecule has 1 fully saturated rings. The molecule has 0 bridgehead atoms. The summed E-state index contributed by atoms with van der Waals surface area (Å²) in [4.78, 5) is 58.9. The Morgan fingerprint density at radius 3 is 2.06 bits per heavy atom. The number of esters is 4. The quantitative estimate of drug-likeness (QED) is 0.304. The van der Waals surface area contributed by atoms with Crippen LogP contribution in [0.25, 0.3) is 11.0 Å². The fraction of sp³-hybridized carbons (Fsp3) is 0.458. The van der Waals surface area contributed by atoms with E-state index in [1.54, 1.807) is 19.1 Å². The predicted octanol–water partition coefficient (Wildman–Crippen LogP) is 1.56. The van der Waals surface area contributed by atoms with Crippen molar-refractivity contribution in [1.82, 2.24) is 0 Å². The Balaban J connectivity index is 2.02. The molecule has 3 rings (SSSR count). The molecule has 194 valence electrons. The summed E-state index contributed by atoms with van der Waals surface area (Å²) in [6.45, 7) is 5.91. The molecule has 0 spiro atoms. The molecule has 1 saturated heterocycles. The highest BCUT2D eigenvalue weighted by atomic mass is 16.7. The molecule has 12 heteroatoms. The highest BCUT2D eigenvalue weighted by molar-refractivity contribution is 5.81. The molecule has 1 aliphatic heterocycles. The van der Waals surface area contributed by atoms with Crippen LogP contribution in [0.1, 0.15) is 33.3 Å². The van der Waals surface area contributed by atoms with Crippen LogP contribution in [0.15, 0.2) is 33.5 Å². The molecular formula is C24H26O12. The lowest BCUT2D eigenvalue weighted by Gasteiger charge is -2.43. The number of carbonyl (C=O) groups excluding carboxylic acids is 4. The van der Waals surface area contributed by atoms with Crippen molar-refractivity contribution >= 4 is 34.8 Å². The Morgan fingerprint density at radius 1 is 0.833 bits per heavy atom. The summed E-state index contributed by atoms with van der Waals surface area (Å²) in [7, 11) is 0. The van der Waals surface area contributed by atoms with Crippen LogP contribution in [-0.4, -0.2) is 61.2 Å². The van der Waals surface area contributed by atoms with Gasteiger partial charge in [0.1, 0.15) is 24.0 Å². The molecule has 36 heavy (non-hydrogen) atoms. The SMILES string of the molecule is CC(=O)OCC1O[C@@H](Oc2ccc3c(C)cc(=O)oc3c2)C(OC(C)=O)[C@@H](OC(C)=O)[C@H]1OC(C)=O. The van der Waals surface area contributed by atoms with Gasteiger partial charge in [0.05, 0.1) is 0 Å². The first kappa shape index (κ1) is 26.7. The zero-order valence-corrected chi connectivity index (χ0v) is 20.3. The van der Waals surface area contributed by atoms with Gasteiger partial charge in [-0.25, -0.2) is 4.79 Å². The summed E-state index contributed by atoms with van der Waals surface area (Å²) in [5, 5.41) is 0.670. The van der Waals surface area contributed by atoms with Crippen molar-refractivity contribution in [3.8, 4) is 5.75 Å². The second-order valence-electron chi connectivity index (χ2n) is 8.09. The second-order valence-corrected chi connectivity index (χ2v) is 8.09. The third-order valence-electron chi connectivity index (χ3n) is 5.12. The molecule has 1 aromatic heterocycles. The van der Waals surface area contributed by atoms with Gasteiger partial charge in [-0.2, -0.15) is 0 Å². The first-order valence-corrected chi connectivity index (χ1v) is 11.0. The molecule has 12 nitrogen and oxygen atoms in total. The minimum atomic E-state index is -1.40. The lowest BCUT2D eigenvalue weighted by Crippen LogP contribution is -2.63. The van der Waals surface area contributed by atoms with E-state index in [4.69, 9.17) is 32.8 Å². The summed E-state index contributed by atoms with van der Waals surface area (Å²) in [5.74, 6) is -2.73. The molecule has 5 atom stereocenters. The van der Waals surface area contributed by atoms with Gasteiger partial charge in [-0.05, 0) is 24.6 Å². The molecule has 2 unspecified atom stereocenters. The minimum Gasteiger partial charge on any atom is -0.463 e. The topological polar surface area (TPSA) is 154 Å². The van der Waals surface area contributed by atoms with Gasteiger partial charge in [-0.3, -0.25) is 19.2 Å². The number of fused-ring (bicyclic) bond motifs is 1. The lowest BCUT2D eigenvalue weighted by atomic mass is 9.98. The van der Waals surface area contributed by atoms with Crippen molar-refractivity contribution in [2.45, 2.75) is 65.3 Å². The van der Waals surface area contributed by atoms with Gasteiger partial charge in [-0.15, -0.1) is 0 Å². The van der Waals surface area contributed by atoms with E-state index in [1.807, 2.05) is 0 Å². The molecule has 0 N–H and O–H groups in total. The van der Waals surface area contributed by atoms with E-state index in [9.17, 15) is 24.0 Å². The molecule has 2 heterocycles. The van der Waals surface area contributed by atoms with Gasteiger partial charge < -0.3 is 32.8 Å². The number of ether oxygens (including phenoxy) is 6. The molecule has 0 aliphatic carbocycles. The van der Waals surface area contributed by atoms with Crippen molar-refractivity contribution in [1.29, 1.82) is 0 Å². The number of benzene rings is 1. The lowest BCUT2D eigenvalue weighted by molar-refractivity contribution is -0.288. The molecule has 0 radical (unpaired) electrons. The van der Waals surface area contributed by atoms with Gasteiger partial charge in [0.15, 0.2) is 12.2 Å². The van der Waals surface area contributed by atoms with Crippen molar-refractivity contribution in [3.05, 3.63) is 40.2 Å². The van der Waals surface area contributed by atoms with E-state index >= 15 is 0 Å². The standard InChI is InChI=1S/C24H26O12/c1-11-8-20(29)35-18-9-16(6-7-17(11)18)34-24-23(33-15(5)28)22(32-14(4)27)21(31-13(3)26)19(36-24)10-30-12(2)25/h6-9,19,21-24H,10H2,1-5H3/t19?,21-,22-,23?,24+/m0/s1. The highest BCUT2D eigenvalue weighted by Gasteiger charge is 2.53. The molecular weight excluding hydrogens is 480 g/mol. The zero-order valence-electron chi connectivity index (χ0n) is 20.3. The monoisotopic (exact) mass is 506 g/mol. The van der Waals surface area contributed by atoms with Crippen LogP contribution in [0, 0.1) is 6.92 Å². The smallest absolute Gasteiger partial charge is 0.336 e. The zero-order chi connectivity index (χ0) is 26.6. The predicted molar refractivity (Wildman–Crippen MR) is 120 cm³/mol. The fourth-order valence-corrected chi connectivity index (χ4v) is 3.80. The van der Waals surface area contributed by atoms with Crippen molar-refractivity contribution in [3.63, 3.8) is 0 Å². The average Bonchev–Trinajstić information content (AvgIpc) is 2.75. The second kappa shape index (κ2) is 11.2. The third-order valence-corrected chi connectivity index (χ3v) is 5.12. The highest BCUT2D eigenvalue weighted by Crippen LogP contribution is 2.32. The van der Waals surface area contributed by atoms with Crippen LogP contribution in [-0.2, 0) is 42.9 Å². The summed E-state index contributed by atoms with van der Waals surface area (Å²) < 4.78 is 38.2. The largest absolute Gasteiger partial charge is 0.463 e. The Morgan fingerprint density at radius 2 is 1.44 bits per heavy atom. The van der Waals surface area contributed by atoms with Crippen LogP contribution >= 0.6 is 0 Å². The first-order valence-electron chi connectivity index (χ1n) is 11.0. The normalized spacial score (nSPS) is 23.4. The van der Waals surface area contributed by atoms with Gasteiger partial charge >= 0.3 is 29.5 Å². The van der Waals surface area contributed by atoms with E-state index in [0.29, 0.717) is 10.9 Å². The fourth-order valence-electron chi connectivity index (χ4n) is 3.80. The van der Waals surface area contributed by atoms with Crippen LogP contribution in [0.2, 0.25) is 0 Å². The van der Waals surface area contributed by atoms with Crippen molar-refractivity contribution < 1.29 is 52.0 Å². The van der Waals surface area contributed by atoms with Crippen molar-refractivity contribution in [2.24, 2.45) is 0 Å². The summed E-state index contributed by atoms with van der Waals surface area (Å²) in [6, 6.07) is 6.03. The van der Waals surface area contributed by atoms with Crippen LogP contribution in [0.5, 0.6) is 5.75 Å². The molecule has 0 saturated carbocycles. The Bertz CT molecular complexity index is 1220. The molecule has 2 aromatic rings. The Hall–Kier alpha value is -3.93. The minimum absolute atomic E-state index is 0.164. The van der Waals surface area contributed by atoms with Crippen molar-refractivity contribution in [2.75, 3.05) is 6.61 Å². The van der Waals surface area contributed by atoms with Gasteiger partial charge in [-0.1, -0.05) is 0 Å².